The smallest absolute Gasteiger partial charge is 0.0782 e. The van der Waals surface area contributed by atoms with Gasteiger partial charge in [-0.25, -0.2) is 0 Å². The molecule has 0 saturated heterocycles. The lowest BCUT2D eigenvalue weighted by Gasteiger charge is -2.30. The van der Waals surface area contributed by atoms with E-state index in [0.29, 0.717) is 0 Å². The van der Waals surface area contributed by atoms with E-state index in [1.807, 2.05) is 0 Å². The molecule has 0 aromatic heterocycles. The van der Waals surface area contributed by atoms with Gasteiger partial charge in [-0.2, -0.15) is 0 Å². The van der Waals surface area contributed by atoms with Crippen LogP contribution in [0, 0.1) is 0 Å². The van der Waals surface area contributed by atoms with Crippen LogP contribution in [0.4, 0.5) is 0 Å². The maximum Gasteiger partial charge on any atom is 0.0782 e. The Hall–Kier alpha value is 0.540. The lowest BCUT2D eigenvalue weighted by atomic mass is 10.1. The number of rotatable bonds is 14. The standard InChI is InChI=1S/C18H40N.2ClH/c1-5-7-9-11-13-15-17-19(3,4)18-16-14-12-10-8-6-2;;/h5-18H2,1-4H3;2*1H/q+1;;/p-1. The van der Waals surface area contributed by atoms with Gasteiger partial charge >= 0.3 is 0 Å². The number of hydrogen-bond donors (Lipinski definition) is 0. The SMILES string of the molecule is CCCCCCCC[N+](C)(C)CCCCCCCC.Cl.[Cl-]. The highest BCUT2D eigenvalue weighted by Crippen LogP contribution is 2.11. The molecule has 132 valence electrons. The van der Waals surface area contributed by atoms with Gasteiger partial charge in [0.05, 0.1) is 27.2 Å². The Kier molecular flexibility index (Phi) is 23.4. The van der Waals surface area contributed by atoms with E-state index < -0.39 is 0 Å². The summed E-state index contributed by atoms with van der Waals surface area (Å²) in [4.78, 5) is 0. The third-order valence-electron chi connectivity index (χ3n) is 4.23. The first-order valence-corrected chi connectivity index (χ1v) is 8.94. The maximum absolute atomic E-state index is 2.41. The molecule has 1 nitrogen and oxygen atoms in total. The fourth-order valence-electron chi connectivity index (χ4n) is 2.75. The maximum atomic E-state index is 2.41. The molecule has 0 amide bonds. The minimum Gasteiger partial charge on any atom is -1.00 e. The second kappa shape index (κ2) is 18.6. The van der Waals surface area contributed by atoms with Gasteiger partial charge in [-0.05, 0) is 25.7 Å². The molecule has 0 aromatic carbocycles. The lowest BCUT2D eigenvalue weighted by Crippen LogP contribution is -3.00. The first kappa shape index (κ1) is 26.4. The molecule has 0 fully saturated rings. The van der Waals surface area contributed by atoms with E-state index in [1.165, 1.54) is 94.6 Å². The van der Waals surface area contributed by atoms with E-state index in [9.17, 15) is 0 Å². The van der Waals surface area contributed by atoms with Crippen LogP contribution in [0.5, 0.6) is 0 Å². The molecule has 0 rings (SSSR count). The van der Waals surface area contributed by atoms with Crippen molar-refractivity contribution in [3.05, 3.63) is 0 Å². The van der Waals surface area contributed by atoms with Crippen molar-refractivity contribution in [1.29, 1.82) is 0 Å². The summed E-state index contributed by atoms with van der Waals surface area (Å²) in [6.07, 6.45) is 17.1. The van der Waals surface area contributed by atoms with Gasteiger partial charge in [0.1, 0.15) is 0 Å². The van der Waals surface area contributed by atoms with Gasteiger partial charge in [0.25, 0.3) is 0 Å². The van der Waals surface area contributed by atoms with E-state index >= 15 is 0 Å². The van der Waals surface area contributed by atoms with E-state index in [0.717, 1.165) is 0 Å². The van der Waals surface area contributed by atoms with Crippen molar-refractivity contribution in [2.45, 2.75) is 90.9 Å². The summed E-state index contributed by atoms with van der Waals surface area (Å²) in [6.45, 7) is 7.34. The molecule has 21 heavy (non-hydrogen) atoms. The molecule has 0 aliphatic carbocycles. The first-order chi connectivity index (χ1) is 9.12. The average Bonchev–Trinajstić information content (AvgIpc) is 2.38. The van der Waals surface area contributed by atoms with Gasteiger partial charge in [0.2, 0.25) is 0 Å². The van der Waals surface area contributed by atoms with Crippen molar-refractivity contribution >= 4 is 12.4 Å². The Morgan fingerprint density at radius 3 is 1.14 bits per heavy atom. The Balaban J connectivity index is -0.00000162. The normalized spacial score (nSPS) is 10.9. The number of unbranched alkanes of at least 4 members (excludes halogenated alkanes) is 10. The highest BCUT2D eigenvalue weighted by molar-refractivity contribution is 5.85. The number of quaternary nitrogens is 1. The fraction of sp³-hybridized carbons (Fsp3) is 1.00. The number of halogens is 2. The van der Waals surface area contributed by atoms with Crippen molar-refractivity contribution in [2.75, 3.05) is 27.2 Å². The molecular weight excluding hydrogens is 301 g/mol. The Morgan fingerprint density at radius 1 is 0.524 bits per heavy atom. The zero-order chi connectivity index (χ0) is 14.4. The van der Waals surface area contributed by atoms with Gasteiger partial charge in [0, 0.05) is 0 Å². The molecule has 0 aliphatic heterocycles. The van der Waals surface area contributed by atoms with Gasteiger partial charge in [-0.3, -0.25) is 0 Å². The third kappa shape index (κ3) is 20.5. The van der Waals surface area contributed by atoms with Crippen LogP contribution in [0.2, 0.25) is 0 Å². The minimum absolute atomic E-state index is 0. The van der Waals surface area contributed by atoms with Gasteiger partial charge in [-0.1, -0.05) is 65.2 Å². The second-order valence-corrected chi connectivity index (χ2v) is 6.92. The molecule has 0 radical (unpaired) electrons. The highest BCUT2D eigenvalue weighted by atomic mass is 35.5. The van der Waals surface area contributed by atoms with Crippen LogP contribution >= 0.6 is 12.4 Å². The zero-order valence-electron chi connectivity index (χ0n) is 15.1. The summed E-state index contributed by atoms with van der Waals surface area (Å²) in [6, 6.07) is 0. The Labute approximate surface area is 147 Å². The molecule has 0 N–H and O–H groups in total. The molecule has 3 heteroatoms. The third-order valence-corrected chi connectivity index (χ3v) is 4.23. The first-order valence-electron chi connectivity index (χ1n) is 8.94. The van der Waals surface area contributed by atoms with Crippen LogP contribution < -0.4 is 12.4 Å². The Bertz CT molecular complexity index is 166. The van der Waals surface area contributed by atoms with Crippen LogP contribution in [-0.4, -0.2) is 31.7 Å². The van der Waals surface area contributed by atoms with E-state index in [2.05, 4.69) is 27.9 Å². The Morgan fingerprint density at radius 2 is 0.810 bits per heavy atom. The van der Waals surface area contributed by atoms with Crippen LogP contribution in [0.25, 0.3) is 0 Å². The molecular formula is C18H41Cl2N. The summed E-state index contributed by atoms with van der Waals surface area (Å²) in [5.74, 6) is 0. The molecule has 0 unspecified atom stereocenters. The lowest BCUT2D eigenvalue weighted by molar-refractivity contribution is -0.890. The molecule has 0 atom stereocenters. The summed E-state index contributed by atoms with van der Waals surface area (Å²) in [5.41, 5.74) is 0. The summed E-state index contributed by atoms with van der Waals surface area (Å²) < 4.78 is 1.24. The topological polar surface area (TPSA) is 0 Å². The van der Waals surface area contributed by atoms with Crippen LogP contribution in [0.3, 0.4) is 0 Å². The number of hydrogen-bond acceptors (Lipinski definition) is 0. The van der Waals surface area contributed by atoms with Crippen LogP contribution in [0.15, 0.2) is 0 Å². The molecule has 0 bridgehead atoms. The zero-order valence-corrected chi connectivity index (χ0v) is 16.7. The van der Waals surface area contributed by atoms with Gasteiger partial charge in [0.15, 0.2) is 0 Å². The molecule has 0 spiro atoms. The van der Waals surface area contributed by atoms with Gasteiger partial charge in [-0.15, -0.1) is 12.4 Å². The predicted molar refractivity (Wildman–Crippen MR) is 95.8 cm³/mol. The second-order valence-electron chi connectivity index (χ2n) is 6.92. The largest absolute Gasteiger partial charge is 1.00 e. The fourth-order valence-corrected chi connectivity index (χ4v) is 2.75. The van der Waals surface area contributed by atoms with Crippen molar-refractivity contribution in [1.82, 2.24) is 0 Å². The van der Waals surface area contributed by atoms with E-state index in [4.69, 9.17) is 0 Å². The van der Waals surface area contributed by atoms with Crippen molar-refractivity contribution in [2.24, 2.45) is 0 Å². The van der Waals surface area contributed by atoms with Crippen molar-refractivity contribution in [3.8, 4) is 0 Å². The molecule has 0 heterocycles. The average molecular weight is 342 g/mol. The summed E-state index contributed by atoms with van der Waals surface area (Å²) in [7, 11) is 4.83. The van der Waals surface area contributed by atoms with E-state index in [-0.39, 0.29) is 24.8 Å². The molecule has 0 saturated carbocycles. The van der Waals surface area contributed by atoms with Crippen LogP contribution in [-0.2, 0) is 0 Å². The minimum atomic E-state index is 0. The van der Waals surface area contributed by atoms with Crippen LogP contribution in [0.1, 0.15) is 90.9 Å². The van der Waals surface area contributed by atoms with Crippen molar-refractivity contribution < 1.29 is 16.9 Å². The summed E-state index contributed by atoms with van der Waals surface area (Å²) in [5, 5.41) is 0. The van der Waals surface area contributed by atoms with Crippen molar-refractivity contribution in [3.63, 3.8) is 0 Å². The molecule has 0 aromatic rings. The van der Waals surface area contributed by atoms with E-state index in [1.54, 1.807) is 0 Å². The number of nitrogens with zero attached hydrogens (tertiary/aromatic N) is 1. The predicted octanol–water partition coefficient (Wildman–Crippen LogP) is 3.21. The monoisotopic (exact) mass is 341 g/mol. The molecule has 0 aliphatic rings. The summed E-state index contributed by atoms with van der Waals surface area (Å²) >= 11 is 0. The highest BCUT2D eigenvalue weighted by Gasteiger charge is 2.13. The quantitative estimate of drug-likeness (QED) is 0.336. The van der Waals surface area contributed by atoms with Gasteiger partial charge < -0.3 is 16.9 Å².